The van der Waals surface area contributed by atoms with Crippen LogP contribution >= 0.6 is 0 Å². The fraction of sp³-hybridized carbons (Fsp3) is 0.211. The number of sulfone groups is 1. The van der Waals surface area contributed by atoms with Gasteiger partial charge in [0.15, 0.2) is 21.3 Å². The van der Waals surface area contributed by atoms with E-state index in [2.05, 4.69) is 0 Å². The number of methoxy groups -OCH3 is 3. The number of rotatable bonds is 7. The number of benzene rings is 2. The molecule has 0 heterocycles. The number of aliphatic carboxylic acids is 1. The average molecular weight is 392 g/mol. The maximum absolute atomic E-state index is 11.7. The maximum Gasteiger partial charge on any atom is 0.336 e. The van der Waals surface area contributed by atoms with Crippen LogP contribution in [-0.4, -0.2) is 47.1 Å². The molecule has 8 heteroatoms. The van der Waals surface area contributed by atoms with Crippen LogP contribution in [0.4, 0.5) is 0 Å². The largest absolute Gasteiger partial charge is 0.493 e. The average Bonchev–Trinajstić information content (AvgIpc) is 2.64. The molecule has 144 valence electrons. The second-order valence-electron chi connectivity index (χ2n) is 5.62. The zero-order valence-corrected chi connectivity index (χ0v) is 16.2. The molecule has 0 aromatic heterocycles. The predicted molar refractivity (Wildman–Crippen MR) is 101 cm³/mol. The summed E-state index contributed by atoms with van der Waals surface area (Å²) < 4.78 is 38.9. The highest BCUT2D eigenvalue weighted by atomic mass is 32.2. The van der Waals surface area contributed by atoms with Crippen LogP contribution < -0.4 is 14.2 Å². The summed E-state index contributed by atoms with van der Waals surface area (Å²) in [5.41, 5.74) is 0.877. The molecule has 2 rings (SSSR count). The third-order valence-electron chi connectivity index (χ3n) is 3.82. The summed E-state index contributed by atoms with van der Waals surface area (Å²) in [7, 11) is 1.04. The Morgan fingerprint density at radius 2 is 1.48 bits per heavy atom. The summed E-state index contributed by atoms with van der Waals surface area (Å²) in [4.78, 5) is 11.9. The molecule has 0 aliphatic heterocycles. The molecule has 1 N–H and O–H groups in total. The van der Waals surface area contributed by atoms with E-state index >= 15 is 0 Å². The van der Waals surface area contributed by atoms with E-state index in [9.17, 15) is 18.3 Å². The van der Waals surface area contributed by atoms with Gasteiger partial charge in [-0.2, -0.15) is 0 Å². The van der Waals surface area contributed by atoms with Crippen molar-refractivity contribution in [1.82, 2.24) is 0 Å². The van der Waals surface area contributed by atoms with Crippen LogP contribution in [0.1, 0.15) is 11.1 Å². The molecule has 0 amide bonds. The summed E-state index contributed by atoms with van der Waals surface area (Å²) in [6.45, 7) is 0. The van der Waals surface area contributed by atoms with E-state index < -0.39 is 15.8 Å². The zero-order valence-electron chi connectivity index (χ0n) is 15.3. The molecule has 0 bridgehead atoms. The summed E-state index contributed by atoms with van der Waals surface area (Å²) in [5, 5.41) is 9.60. The number of carboxylic acid groups (broad SMARTS) is 1. The highest BCUT2D eigenvalue weighted by Crippen LogP contribution is 2.39. The topological polar surface area (TPSA) is 99.1 Å². The van der Waals surface area contributed by atoms with E-state index in [1.54, 1.807) is 12.1 Å². The first-order valence-electron chi connectivity index (χ1n) is 7.76. The molecule has 7 nitrogen and oxygen atoms in total. The second kappa shape index (κ2) is 8.13. The smallest absolute Gasteiger partial charge is 0.336 e. The van der Waals surface area contributed by atoms with Crippen LogP contribution in [0, 0.1) is 0 Å². The van der Waals surface area contributed by atoms with Gasteiger partial charge in [0.2, 0.25) is 5.75 Å². The number of carboxylic acids is 1. The first kappa shape index (κ1) is 20.3. The minimum Gasteiger partial charge on any atom is -0.493 e. The van der Waals surface area contributed by atoms with Crippen molar-refractivity contribution in [1.29, 1.82) is 0 Å². The van der Waals surface area contributed by atoms with Crippen molar-refractivity contribution < 1.29 is 32.5 Å². The summed E-state index contributed by atoms with van der Waals surface area (Å²) >= 11 is 0. The van der Waals surface area contributed by atoms with E-state index in [0.29, 0.717) is 28.4 Å². The van der Waals surface area contributed by atoms with Crippen molar-refractivity contribution in [3.63, 3.8) is 0 Å². The molecule has 2 aromatic carbocycles. The van der Waals surface area contributed by atoms with Crippen molar-refractivity contribution in [2.45, 2.75) is 4.90 Å². The van der Waals surface area contributed by atoms with Crippen LogP contribution in [-0.2, 0) is 14.6 Å². The molecule has 27 heavy (non-hydrogen) atoms. The molecule has 0 fully saturated rings. The normalized spacial score (nSPS) is 11.8. The van der Waals surface area contributed by atoms with Crippen molar-refractivity contribution in [3.05, 3.63) is 47.5 Å². The maximum atomic E-state index is 11.7. The highest BCUT2D eigenvalue weighted by molar-refractivity contribution is 7.90. The third kappa shape index (κ3) is 4.59. The van der Waals surface area contributed by atoms with Crippen LogP contribution in [0.2, 0.25) is 0 Å². The Bertz CT molecular complexity index is 949. The molecule has 2 aromatic rings. The van der Waals surface area contributed by atoms with Gasteiger partial charge in [-0.25, -0.2) is 13.2 Å². The van der Waals surface area contributed by atoms with Gasteiger partial charge >= 0.3 is 5.97 Å². The Balaban J connectivity index is 2.57. The summed E-state index contributed by atoms with van der Waals surface area (Å²) in [6, 6.07) is 8.89. The first-order valence-corrected chi connectivity index (χ1v) is 9.66. The van der Waals surface area contributed by atoms with Crippen LogP contribution in [0.25, 0.3) is 11.6 Å². The lowest BCUT2D eigenvalue weighted by Crippen LogP contribution is -2.02. The van der Waals surface area contributed by atoms with Crippen LogP contribution in [0.5, 0.6) is 17.2 Å². The third-order valence-corrected chi connectivity index (χ3v) is 4.95. The molecule has 0 spiro atoms. The molecule has 0 atom stereocenters. The van der Waals surface area contributed by atoms with Gasteiger partial charge in [-0.05, 0) is 41.5 Å². The number of hydrogen-bond acceptors (Lipinski definition) is 6. The Hall–Kier alpha value is -3.00. The molecule has 0 saturated carbocycles. The SMILES string of the molecule is COc1cc(/C=C(/C(=O)O)c2ccc(S(C)(=O)=O)cc2)cc(OC)c1OC. The van der Waals surface area contributed by atoms with Gasteiger partial charge in [-0.15, -0.1) is 0 Å². The Labute approximate surface area is 157 Å². The Morgan fingerprint density at radius 1 is 0.963 bits per heavy atom. The van der Waals surface area contributed by atoms with E-state index in [1.165, 1.54) is 51.7 Å². The zero-order chi connectivity index (χ0) is 20.2. The summed E-state index contributed by atoms with van der Waals surface area (Å²) in [5.74, 6) is 0.0166. The van der Waals surface area contributed by atoms with Gasteiger partial charge < -0.3 is 19.3 Å². The van der Waals surface area contributed by atoms with Crippen molar-refractivity contribution in [2.24, 2.45) is 0 Å². The van der Waals surface area contributed by atoms with Gasteiger partial charge in [-0.1, -0.05) is 12.1 Å². The van der Waals surface area contributed by atoms with Gasteiger partial charge in [0, 0.05) is 6.26 Å². The molecular formula is C19H20O7S. The monoisotopic (exact) mass is 392 g/mol. The van der Waals surface area contributed by atoms with Crippen molar-refractivity contribution in [2.75, 3.05) is 27.6 Å². The van der Waals surface area contributed by atoms with Crippen molar-refractivity contribution in [3.8, 4) is 17.2 Å². The highest BCUT2D eigenvalue weighted by Gasteiger charge is 2.16. The van der Waals surface area contributed by atoms with E-state index in [0.717, 1.165) is 6.26 Å². The molecular weight excluding hydrogens is 372 g/mol. The van der Waals surface area contributed by atoms with Gasteiger partial charge in [0.25, 0.3) is 0 Å². The fourth-order valence-electron chi connectivity index (χ4n) is 2.50. The number of carbonyl (C=O) groups is 1. The van der Waals surface area contributed by atoms with Gasteiger partial charge in [0.05, 0.1) is 31.8 Å². The minimum absolute atomic E-state index is 0.00989. The molecule has 0 aliphatic carbocycles. The Kier molecular flexibility index (Phi) is 6.12. The molecule has 0 radical (unpaired) electrons. The van der Waals surface area contributed by atoms with Crippen LogP contribution in [0.3, 0.4) is 0 Å². The molecule has 0 saturated heterocycles. The minimum atomic E-state index is -3.36. The Morgan fingerprint density at radius 3 is 1.85 bits per heavy atom. The number of hydrogen-bond donors (Lipinski definition) is 1. The van der Waals surface area contributed by atoms with E-state index in [1.807, 2.05) is 0 Å². The van der Waals surface area contributed by atoms with E-state index in [-0.39, 0.29) is 10.5 Å². The van der Waals surface area contributed by atoms with Crippen LogP contribution in [0.15, 0.2) is 41.3 Å². The number of ether oxygens (including phenoxy) is 3. The van der Waals surface area contributed by atoms with Gasteiger partial charge in [0.1, 0.15) is 0 Å². The van der Waals surface area contributed by atoms with Gasteiger partial charge in [-0.3, -0.25) is 0 Å². The molecule has 0 unspecified atom stereocenters. The quantitative estimate of drug-likeness (QED) is 0.571. The lowest BCUT2D eigenvalue weighted by molar-refractivity contribution is -0.130. The first-order chi connectivity index (χ1) is 12.7. The van der Waals surface area contributed by atoms with Crippen molar-refractivity contribution >= 4 is 27.5 Å². The predicted octanol–water partition coefficient (Wildman–Crippen LogP) is 2.74. The lowest BCUT2D eigenvalue weighted by atomic mass is 10.0. The van der Waals surface area contributed by atoms with E-state index in [4.69, 9.17) is 14.2 Å². The molecule has 0 aliphatic rings. The second-order valence-corrected chi connectivity index (χ2v) is 7.63. The fourth-order valence-corrected chi connectivity index (χ4v) is 3.13. The summed E-state index contributed by atoms with van der Waals surface area (Å²) in [6.07, 6.45) is 2.54. The lowest BCUT2D eigenvalue weighted by Gasteiger charge is -2.13. The standard InChI is InChI=1S/C19H20O7S/c1-24-16-10-12(11-17(25-2)18(16)26-3)9-15(19(20)21)13-5-7-14(8-6-13)27(4,22)23/h5-11H,1-4H3,(H,20,21)/b15-9+.